The van der Waals surface area contributed by atoms with E-state index in [4.69, 9.17) is 11.6 Å². The van der Waals surface area contributed by atoms with Crippen LogP contribution in [0, 0.1) is 0 Å². The highest BCUT2D eigenvalue weighted by molar-refractivity contribution is 6.31. The second-order valence-electron chi connectivity index (χ2n) is 5.47. The Bertz CT molecular complexity index is 490. The van der Waals surface area contributed by atoms with Crippen molar-refractivity contribution in [2.45, 2.75) is 39.4 Å². The molecule has 1 atom stereocenters. The van der Waals surface area contributed by atoms with Crippen LogP contribution in [0.15, 0.2) is 18.2 Å². The lowest BCUT2D eigenvalue weighted by Crippen LogP contribution is -2.54. The summed E-state index contributed by atoms with van der Waals surface area (Å²) >= 11 is 6.35. The molecule has 110 valence electrons. The van der Waals surface area contributed by atoms with E-state index in [1.807, 2.05) is 25.1 Å². The van der Waals surface area contributed by atoms with Crippen LogP contribution < -0.4 is 15.5 Å². The number of nitrogens with one attached hydrogen (secondary N) is 2. The van der Waals surface area contributed by atoms with E-state index in [0.717, 1.165) is 29.4 Å². The Labute approximate surface area is 125 Å². The molecule has 0 aromatic heterocycles. The van der Waals surface area contributed by atoms with Crippen LogP contribution in [0.25, 0.3) is 0 Å². The van der Waals surface area contributed by atoms with Crippen LogP contribution >= 0.6 is 11.6 Å². The first-order valence-electron chi connectivity index (χ1n) is 7.05. The van der Waals surface area contributed by atoms with E-state index in [9.17, 15) is 4.79 Å². The van der Waals surface area contributed by atoms with Gasteiger partial charge in [0.15, 0.2) is 0 Å². The topological polar surface area (TPSA) is 44.4 Å². The molecular weight excluding hydrogens is 274 g/mol. The number of nitrogens with zero attached hydrogens (tertiary/aromatic N) is 1. The van der Waals surface area contributed by atoms with Crippen LogP contribution in [-0.2, 0) is 11.3 Å². The van der Waals surface area contributed by atoms with Crippen molar-refractivity contribution in [2.24, 2.45) is 0 Å². The highest BCUT2D eigenvalue weighted by Crippen LogP contribution is 2.26. The SMILES string of the molecule is CC(C)NCc1ccc(N2CCNC(=O)C2C)cc1Cl. The maximum absolute atomic E-state index is 11.7. The number of rotatable bonds is 4. The highest BCUT2D eigenvalue weighted by atomic mass is 35.5. The van der Waals surface area contributed by atoms with Gasteiger partial charge in [-0.15, -0.1) is 0 Å². The molecule has 1 heterocycles. The van der Waals surface area contributed by atoms with Gasteiger partial charge in [0.05, 0.1) is 0 Å². The molecule has 1 fully saturated rings. The summed E-state index contributed by atoms with van der Waals surface area (Å²) in [4.78, 5) is 13.8. The van der Waals surface area contributed by atoms with Gasteiger partial charge < -0.3 is 15.5 Å². The molecule has 1 unspecified atom stereocenters. The van der Waals surface area contributed by atoms with E-state index >= 15 is 0 Å². The van der Waals surface area contributed by atoms with Crippen molar-refractivity contribution < 1.29 is 4.79 Å². The van der Waals surface area contributed by atoms with Gasteiger partial charge in [-0.3, -0.25) is 4.79 Å². The van der Waals surface area contributed by atoms with Crippen molar-refractivity contribution >= 4 is 23.2 Å². The first-order chi connectivity index (χ1) is 9.49. The van der Waals surface area contributed by atoms with Crippen molar-refractivity contribution in [3.05, 3.63) is 28.8 Å². The fourth-order valence-corrected chi connectivity index (χ4v) is 2.55. The number of anilines is 1. The number of hydrogen-bond donors (Lipinski definition) is 2. The Morgan fingerprint density at radius 1 is 1.50 bits per heavy atom. The number of carbonyl (C=O) groups is 1. The van der Waals surface area contributed by atoms with Crippen molar-refractivity contribution in [3.63, 3.8) is 0 Å². The first-order valence-corrected chi connectivity index (χ1v) is 7.43. The third-order valence-corrected chi connectivity index (χ3v) is 3.92. The standard InChI is InChI=1S/C15H22ClN3O/c1-10(2)18-9-12-4-5-13(8-14(12)16)19-7-6-17-15(20)11(19)3/h4-5,8,10-11,18H,6-7,9H2,1-3H3,(H,17,20). The van der Waals surface area contributed by atoms with Crippen LogP contribution in [0.5, 0.6) is 0 Å². The number of amides is 1. The number of piperazine rings is 1. The summed E-state index contributed by atoms with van der Waals surface area (Å²) in [6, 6.07) is 6.30. The molecule has 1 aliphatic rings. The monoisotopic (exact) mass is 295 g/mol. The number of hydrogen-bond acceptors (Lipinski definition) is 3. The molecular formula is C15H22ClN3O. The third-order valence-electron chi connectivity index (χ3n) is 3.57. The lowest BCUT2D eigenvalue weighted by Gasteiger charge is -2.35. The van der Waals surface area contributed by atoms with Gasteiger partial charge in [-0.1, -0.05) is 31.5 Å². The van der Waals surface area contributed by atoms with E-state index in [1.165, 1.54) is 0 Å². The average molecular weight is 296 g/mol. The zero-order valence-electron chi connectivity index (χ0n) is 12.2. The lowest BCUT2D eigenvalue weighted by molar-refractivity contribution is -0.122. The highest BCUT2D eigenvalue weighted by Gasteiger charge is 2.25. The zero-order chi connectivity index (χ0) is 14.7. The molecule has 0 saturated carbocycles. The minimum absolute atomic E-state index is 0.0675. The smallest absolute Gasteiger partial charge is 0.242 e. The molecule has 2 N–H and O–H groups in total. The average Bonchev–Trinajstić information content (AvgIpc) is 2.40. The first kappa shape index (κ1) is 15.1. The summed E-state index contributed by atoms with van der Waals surface area (Å²) < 4.78 is 0. The summed E-state index contributed by atoms with van der Waals surface area (Å²) in [7, 11) is 0. The van der Waals surface area contributed by atoms with Crippen molar-refractivity contribution in [3.8, 4) is 0 Å². The van der Waals surface area contributed by atoms with E-state index in [0.29, 0.717) is 12.6 Å². The number of halogens is 1. The van der Waals surface area contributed by atoms with Crippen LogP contribution in [0.4, 0.5) is 5.69 Å². The molecule has 1 amide bonds. The summed E-state index contributed by atoms with van der Waals surface area (Å²) in [5.41, 5.74) is 2.09. The molecule has 20 heavy (non-hydrogen) atoms. The van der Waals surface area contributed by atoms with Gasteiger partial charge in [-0.2, -0.15) is 0 Å². The van der Waals surface area contributed by atoms with Gasteiger partial charge in [0.25, 0.3) is 0 Å². The second-order valence-corrected chi connectivity index (χ2v) is 5.88. The maximum atomic E-state index is 11.7. The Morgan fingerprint density at radius 2 is 2.25 bits per heavy atom. The largest absolute Gasteiger partial charge is 0.358 e. The Morgan fingerprint density at radius 3 is 2.90 bits per heavy atom. The second kappa shape index (κ2) is 6.46. The van der Waals surface area contributed by atoms with Gasteiger partial charge in [0.2, 0.25) is 5.91 Å². The fraction of sp³-hybridized carbons (Fsp3) is 0.533. The molecule has 1 aromatic rings. The molecule has 1 saturated heterocycles. The van der Waals surface area contributed by atoms with Crippen molar-refractivity contribution in [1.29, 1.82) is 0 Å². The normalized spacial score (nSPS) is 19.4. The van der Waals surface area contributed by atoms with Crippen molar-refractivity contribution in [1.82, 2.24) is 10.6 Å². The van der Waals surface area contributed by atoms with Gasteiger partial charge in [0.1, 0.15) is 6.04 Å². The molecule has 0 spiro atoms. The zero-order valence-corrected chi connectivity index (χ0v) is 13.0. The van der Waals surface area contributed by atoms with Gasteiger partial charge in [-0.05, 0) is 24.6 Å². The van der Waals surface area contributed by atoms with Crippen LogP contribution in [0.2, 0.25) is 5.02 Å². The Kier molecular flexibility index (Phi) is 4.89. The third kappa shape index (κ3) is 3.44. The molecule has 1 aromatic carbocycles. The number of benzene rings is 1. The summed E-state index contributed by atoms with van der Waals surface area (Å²) in [6.45, 7) is 8.38. The molecule has 0 bridgehead atoms. The minimum Gasteiger partial charge on any atom is -0.358 e. The molecule has 0 aliphatic carbocycles. The molecule has 2 rings (SSSR count). The summed E-state index contributed by atoms with van der Waals surface area (Å²) in [5.74, 6) is 0.0675. The Balaban J connectivity index is 2.14. The Hall–Kier alpha value is -1.26. The van der Waals surface area contributed by atoms with E-state index in [1.54, 1.807) is 0 Å². The molecule has 4 nitrogen and oxygen atoms in total. The van der Waals surface area contributed by atoms with Gasteiger partial charge >= 0.3 is 0 Å². The van der Waals surface area contributed by atoms with Gasteiger partial charge in [-0.25, -0.2) is 0 Å². The van der Waals surface area contributed by atoms with Crippen molar-refractivity contribution in [2.75, 3.05) is 18.0 Å². The minimum atomic E-state index is -0.153. The lowest BCUT2D eigenvalue weighted by atomic mass is 10.1. The molecule has 0 radical (unpaired) electrons. The quantitative estimate of drug-likeness (QED) is 0.895. The van der Waals surface area contributed by atoms with Crippen LogP contribution in [-0.4, -0.2) is 31.1 Å². The molecule has 1 aliphatic heterocycles. The van der Waals surface area contributed by atoms with Crippen LogP contribution in [0.3, 0.4) is 0 Å². The van der Waals surface area contributed by atoms with Gasteiger partial charge in [0, 0.05) is 36.4 Å². The summed E-state index contributed by atoms with van der Waals surface area (Å²) in [6.07, 6.45) is 0. The predicted molar refractivity (Wildman–Crippen MR) is 83.2 cm³/mol. The molecule has 5 heteroatoms. The van der Waals surface area contributed by atoms with Crippen LogP contribution in [0.1, 0.15) is 26.3 Å². The van der Waals surface area contributed by atoms with E-state index in [2.05, 4.69) is 29.4 Å². The maximum Gasteiger partial charge on any atom is 0.242 e. The fourth-order valence-electron chi connectivity index (χ4n) is 2.31. The summed E-state index contributed by atoms with van der Waals surface area (Å²) in [5, 5.41) is 6.97. The number of carbonyl (C=O) groups excluding carboxylic acids is 1. The van der Waals surface area contributed by atoms with E-state index in [-0.39, 0.29) is 11.9 Å². The predicted octanol–water partition coefficient (Wildman–Crippen LogP) is 2.16. The van der Waals surface area contributed by atoms with E-state index < -0.39 is 0 Å².